The van der Waals surface area contributed by atoms with Gasteiger partial charge >= 0.3 is 0 Å². The van der Waals surface area contributed by atoms with Crippen molar-refractivity contribution in [2.24, 2.45) is 5.92 Å². The smallest absolute Gasteiger partial charge is 0.0897 e. The van der Waals surface area contributed by atoms with Gasteiger partial charge in [0.25, 0.3) is 0 Å². The third-order valence-corrected chi connectivity index (χ3v) is 3.24. The number of aliphatic hydroxyl groups excluding tert-OH is 1. The Morgan fingerprint density at radius 3 is 2.80 bits per heavy atom. The average Bonchev–Trinajstić information content (AvgIpc) is 2.25. The zero-order valence-electron chi connectivity index (χ0n) is 10.0. The molecule has 1 fully saturated rings. The summed E-state index contributed by atoms with van der Waals surface area (Å²) in [6.45, 7) is 6.03. The van der Waals surface area contributed by atoms with Crippen molar-refractivity contribution in [3.05, 3.63) is 0 Å². The van der Waals surface area contributed by atoms with Crippen molar-refractivity contribution >= 4 is 0 Å². The van der Waals surface area contributed by atoms with Crippen LogP contribution in [0.25, 0.3) is 0 Å². The van der Waals surface area contributed by atoms with Crippen molar-refractivity contribution in [2.75, 3.05) is 19.8 Å². The maximum absolute atomic E-state index is 9.61. The maximum Gasteiger partial charge on any atom is 0.0897 e. The van der Waals surface area contributed by atoms with Crippen LogP contribution in [-0.2, 0) is 4.74 Å². The van der Waals surface area contributed by atoms with Crippen LogP contribution in [0.5, 0.6) is 0 Å². The molecule has 0 aliphatic heterocycles. The van der Waals surface area contributed by atoms with Gasteiger partial charge in [-0.05, 0) is 25.7 Å². The highest BCUT2D eigenvalue weighted by molar-refractivity contribution is 4.78. The molecular weight excluding hydrogens is 190 g/mol. The second-order valence-corrected chi connectivity index (χ2v) is 4.59. The number of aliphatic hydroxyl groups is 1. The van der Waals surface area contributed by atoms with Gasteiger partial charge in [0.15, 0.2) is 0 Å². The van der Waals surface area contributed by atoms with Crippen molar-refractivity contribution in [3.63, 3.8) is 0 Å². The monoisotopic (exact) mass is 215 g/mol. The topological polar surface area (TPSA) is 41.5 Å². The molecule has 1 aliphatic carbocycles. The molecule has 0 spiro atoms. The molecule has 2 N–H and O–H groups in total. The van der Waals surface area contributed by atoms with Gasteiger partial charge in [-0.25, -0.2) is 0 Å². The van der Waals surface area contributed by atoms with E-state index in [4.69, 9.17) is 4.74 Å². The highest BCUT2D eigenvalue weighted by Crippen LogP contribution is 2.23. The van der Waals surface area contributed by atoms with E-state index in [2.05, 4.69) is 12.2 Å². The van der Waals surface area contributed by atoms with E-state index >= 15 is 0 Å². The molecule has 3 atom stereocenters. The van der Waals surface area contributed by atoms with Gasteiger partial charge in [0.2, 0.25) is 0 Å². The minimum absolute atomic E-state index is 0.362. The molecule has 0 saturated heterocycles. The summed E-state index contributed by atoms with van der Waals surface area (Å²) in [4.78, 5) is 0. The zero-order chi connectivity index (χ0) is 11.1. The molecule has 90 valence electrons. The highest BCUT2D eigenvalue weighted by Gasteiger charge is 2.21. The van der Waals surface area contributed by atoms with Gasteiger partial charge in [0.05, 0.1) is 12.7 Å². The summed E-state index contributed by atoms with van der Waals surface area (Å²) >= 11 is 0. The van der Waals surface area contributed by atoms with Crippen LogP contribution in [0.2, 0.25) is 0 Å². The number of ether oxygens (including phenoxy) is 1. The molecule has 1 rings (SSSR count). The second-order valence-electron chi connectivity index (χ2n) is 4.59. The molecule has 3 nitrogen and oxygen atoms in total. The minimum Gasteiger partial charge on any atom is -0.389 e. The summed E-state index contributed by atoms with van der Waals surface area (Å²) in [6.07, 6.45) is 4.89. The molecule has 15 heavy (non-hydrogen) atoms. The van der Waals surface area contributed by atoms with Crippen LogP contribution < -0.4 is 5.32 Å². The van der Waals surface area contributed by atoms with Crippen molar-refractivity contribution < 1.29 is 9.84 Å². The number of hydrogen-bond donors (Lipinski definition) is 2. The standard InChI is InChI=1S/C12H25NO2/c1-3-15-9-11(14)8-13-12-7-5-4-6-10(12)2/h10-14H,3-9H2,1-2H3. The third-order valence-electron chi connectivity index (χ3n) is 3.24. The zero-order valence-corrected chi connectivity index (χ0v) is 10.0. The summed E-state index contributed by atoms with van der Waals surface area (Å²) in [5.74, 6) is 0.748. The fourth-order valence-electron chi connectivity index (χ4n) is 2.22. The predicted octanol–water partition coefficient (Wildman–Crippen LogP) is 1.55. The first-order valence-electron chi connectivity index (χ1n) is 6.23. The first-order valence-corrected chi connectivity index (χ1v) is 6.23. The lowest BCUT2D eigenvalue weighted by molar-refractivity contribution is 0.0394. The number of rotatable bonds is 6. The second kappa shape index (κ2) is 7.20. The van der Waals surface area contributed by atoms with Crippen LogP contribution in [0.1, 0.15) is 39.5 Å². The van der Waals surface area contributed by atoms with Gasteiger partial charge in [-0.3, -0.25) is 0 Å². The molecule has 1 aliphatic rings. The van der Waals surface area contributed by atoms with E-state index in [1.54, 1.807) is 0 Å². The van der Waals surface area contributed by atoms with Gasteiger partial charge < -0.3 is 15.2 Å². The molecule has 0 bridgehead atoms. The average molecular weight is 215 g/mol. The SMILES string of the molecule is CCOCC(O)CNC1CCCCC1C. The summed E-state index contributed by atoms with van der Waals surface area (Å²) < 4.78 is 5.17. The first kappa shape index (κ1) is 12.9. The molecule has 0 aromatic rings. The van der Waals surface area contributed by atoms with Gasteiger partial charge in [-0.15, -0.1) is 0 Å². The highest BCUT2D eigenvalue weighted by atomic mass is 16.5. The molecule has 0 aromatic carbocycles. The lowest BCUT2D eigenvalue weighted by Gasteiger charge is -2.30. The van der Waals surface area contributed by atoms with Crippen LogP contribution in [0.3, 0.4) is 0 Å². The van der Waals surface area contributed by atoms with E-state index in [0.717, 1.165) is 5.92 Å². The number of hydrogen-bond acceptors (Lipinski definition) is 3. The predicted molar refractivity (Wildman–Crippen MR) is 61.9 cm³/mol. The quantitative estimate of drug-likeness (QED) is 0.706. The lowest BCUT2D eigenvalue weighted by atomic mass is 9.86. The molecule has 0 aromatic heterocycles. The van der Waals surface area contributed by atoms with Crippen molar-refractivity contribution in [1.29, 1.82) is 0 Å². The number of nitrogens with one attached hydrogen (secondary N) is 1. The van der Waals surface area contributed by atoms with Gasteiger partial charge in [0.1, 0.15) is 0 Å². The fraction of sp³-hybridized carbons (Fsp3) is 1.00. The Labute approximate surface area is 93.2 Å². The Morgan fingerprint density at radius 1 is 1.40 bits per heavy atom. The Balaban J connectivity index is 2.11. The normalized spacial score (nSPS) is 29.0. The van der Waals surface area contributed by atoms with Crippen molar-refractivity contribution in [1.82, 2.24) is 5.32 Å². The maximum atomic E-state index is 9.61. The first-order chi connectivity index (χ1) is 7.24. The summed E-state index contributed by atoms with van der Waals surface area (Å²) in [5.41, 5.74) is 0. The van der Waals surface area contributed by atoms with E-state index in [-0.39, 0.29) is 6.10 Å². The molecule has 0 heterocycles. The van der Waals surface area contributed by atoms with Crippen LogP contribution in [0.15, 0.2) is 0 Å². The van der Waals surface area contributed by atoms with E-state index < -0.39 is 0 Å². The Bertz CT molecular complexity index is 164. The summed E-state index contributed by atoms with van der Waals surface area (Å²) in [5, 5.41) is 13.1. The van der Waals surface area contributed by atoms with Crippen LogP contribution in [-0.4, -0.2) is 37.0 Å². The molecule has 1 saturated carbocycles. The van der Waals surface area contributed by atoms with Gasteiger partial charge in [-0.1, -0.05) is 19.8 Å². The van der Waals surface area contributed by atoms with E-state index in [9.17, 15) is 5.11 Å². The van der Waals surface area contributed by atoms with Crippen molar-refractivity contribution in [2.45, 2.75) is 51.7 Å². The summed E-state index contributed by atoms with van der Waals surface area (Å²) in [6, 6.07) is 0.593. The molecule has 3 unspecified atom stereocenters. The molecule has 0 amide bonds. The largest absolute Gasteiger partial charge is 0.389 e. The molecular formula is C12H25NO2. The van der Waals surface area contributed by atoms with E-state index in [1.165, 1.54) is 25.7 Å². The Kier molecular flexibility index (Phi) is 6.22. The molecule has 3 heteroatoms. The lowest BCUT2D eigenvalue weighted by Crippen LogP contribution is -2.42. The van der Waals surface area contributed by atoms with E-state index in [1.807, 2.05) is 6.92 Å². The van der Waals surface area contributed by atoms with Crippen LogP contribution >= 0.6 is 0 Å². The van der Waals surface area contributed by atoms with Crippen molar-refractivity contribution in [3.8, 4) is 0 Å². The Hall–Kier alpha value is -0.120. The van der Waals surface area contributed by atoms with Crippen LogP contribution in [0, 0.1) is 5.92 Å². The third kappa shape index (κ3) is 4.96. The summed E-state index contributed by atoms with van der Waals surface area (Å²) in [7, 11) is 0. The van der Waals surface area contributed by atoms with Gasteiger partial charge in [0, 0.05) is 19.2 Å². The fourth-order valence-corrected chi connectivity index (χ4v) is 2.22. The molecule has 0 radical (unpaired) electrons. The minimum atomic E-state index is -0.362. The van der Waals surface area contributed by atoms with E-state index in [0.29, 0.717) is 25.8 Å². The Morgan fingerprint density at radius 2 is 2.13 bits per heavy atom. The van der Waals surface area contributed by atoms with Gasteiger partial charge in [-0.2, -0.15) is 0 Å². The van der Waals surface area contributed by atoms with Crippen LogP contribution in [0.4, 0.5) is 0 Å².